The number of hydrogen-bond acceptors (Lipinski definition) is 0. The maximum Gasteiger partial charge on any atom is 0.133 e. The zero-order chi connectivity index (χ0) is 14.2. The molecule has 2 aromatic carbocycles. The van der Waals surface area contributed by atoms with Crippen LogP contribution in [0.4, 0.5) is 13.2 Å². The normalized spacial score (nSPS) is 12.5. The molecule has 2 rings (SSSR count). The minimum atomic E-state index is -0.917. The van der Waals surface area contributed by atoms with Crippen molar-refractivity contribution in [2.75, 3.05) is 0 Å². The van der Waals surface area contributed by atoms with Gasteiger partial charge in [-0.05, 0) is 25.0 Å². The predicted molar refractivity (Wildman–Crippen MR) is 73.0 cm³/mol. The summed E-state index contributed by atoms with van der Waals surface area (Å²) in [5.74, 6) is -2.69. The summed E-state index contributed by atoms with van der Waals surface area (Å²) in [6.07, 6.45) is 0. The molecule has 0 heterocycles. The zero-order valence-corrected chi connectivity index (χ0v) is 12.1. The molecule has 1 unspecified atom stereocenters. The van der Waals surface area contributed by atoms with E-state index < -0.39 is 22.3 Å². The van der Waals surface area contributed by atoms with Crippen molar-refractivity contribution in [3.8, 4) is 0 Å². The standard InChI is InChI=1S/C15H12BrF3/c1-8-3-4-9(2)11(5-8)15(16)14-12(18)6-10(17)7-13(14)19/h3-7,15H,1-2H3. The number of rotatable bonds is 2. The van der Waals surface area contributed by atoms with E-state index in [1.54, 1.807) is 0 Å². The van der Waals surface area contributed by atoms with Gasteiger partial charge in [0.1, 0.15) is 17.5 Å². The van der Waals surface area contributed by atoms with Gasteiger partial charge in [0.15, 0.2) is 0 Å². The van der Waals surface area contributed by atoms with E-state index in [1.807, 2.05) is 32.0 Å². The van der Waals surface area contributed by atoms with Crippen LogP contribution in [0.5, 0.6) is 0 Å². The molecule has 0 nitrogen and oxygen atoms in total. The van der Waals surface area contributed by atoms with Crippen LogP contribution < -0.4 is 0 Å². The van der Waals surface area contributed by atoms with Crippen LogP contribution in [0.15, 0.2) is 30.3 Å². The van der Waals surface area contributed by atoms with E-state index in [-0.39, 0.29) is 5.56 Å². The topological polar surface area (TPSA) is 0 Å². The highest BCUT2D eigenvalue weighted by Gasteiger charge is 2.22. The predicted octanol–water partition coefficient (Wildman–Crippen LogP) is 5.21. The first-order chi connectivity index (χ1) is 8.90. The van der Waals surface area contributed by atoms with Crippen molar-refractivity contribution in [2.24, 2.45) is 0 Å². The molecule has 0 saturated heterocycles. The Kier molecular flexibility index (Phi) is 3.99. The first-order valence-electron chi connectivity index (χ1n) is 5.76. The molecular weight excluding hydrogens is 317 g/mol. The molecular formula is C15H12BrF3. The van der Waals surface area contributed by atoms with Crippen LogP contribution in [0.25, 0.3) is 0 Å². The number of hydrogen-bond donors (Lipinski definition) is 0. The Balaban J connectivity index is 2.56. The first kappa shape index (κ1) is 14.1. The van der Waals surface area contributed by atoms with E-state index in [0.29, 0.717) is 12.1 Å². The fourth-order valence-electron chi connectivity index (χ4n) is 1.98. The monoisotopic (exact) mass is 328 g/mol. The Morgan fingerprint density at radius 2 is 1.53 bits per heavy atom. The first-order valence-corrected chi connectivity index (χ1v) is 6.67. The van der Waals surface area contributed by atoms with Gasteiger partial charge in [-0.15, -0.1) is 0 Å². The molecule has 100 valence electrons. The van der Waals surface area contributed by atoms with E-state index in [9.17, 15) is 13.2 Å². The van der Waals surface area contributed by atoms with Crippen molar-refractivity contribution in [1.82, 2.24) is 0 Å². The molecule has 0 N–H and O–H groups in total. The highest BCUT2D eigenvalue weighted by atomic mass is 79.9. The summed E-state index contributed by atoms with van der Waals surface area (Å²) in [6.45, 7) is 3.77. The maximum absolute atomic E-state index is 13.8. The Morgan fingerprint density at radius 1 is 0.947 bits per heavy atom. The van der Waals surface area contributed by atoms with Crippen LogP contribution in [0, 0.1) is 31.3 Å². The van der Waals surface area contributed by atoms with Gasteiger partial charge in [-0.25, -0.2) is 13.2 Å². The third-order valence-electron chi connectivity index (χ3n) is 3.01. The summed E-state index contributed by atoms with van der Waals surface area (Å²) < 4.78 is 40.5. The van der Waals surface area contributed by atoms with Crippen LogP contribution in [0.1, 0.15) is 27.1 Å². The molecule has 0 saturated carbocycles. The van der Waals surface area contributed by atoms with Crippen LogP contribution >= 0.6 is 15.9 Å². The number of halogens is 4. The Morgan fingerprint density at radius 3 is 2.11 bits per heavy atom. The second-order valence-corrected chi connectivity index (χ2v) is 5.42. The van der Waals surface area contributed by atoms with E-state index in [4.69, 9.17) is 0 Å². The summed E-state index contributed by atoms with van der Waals surface area (Å²) in [5.41, 5.74) is 2.50. The average Bonchev–Trinajstić information content (AvgIpc) is 2.30. The van der Waals surface area contributed by atoms with Crippen molar-refractivity contribution < 1.29 is 13.2 Å². The van der Waals surface area contributed by atoms with Crippen molar-refractivity contribution in [1.29, 1.82) is 0 Å². The minimum Gasteiger partial charge on any atom is -0.207 e. The quantitative estimate of drug-likeness (QED) is 0.664. The molecule has 0 bridgehead atoms. The Hall–Kier alpha value is -1.29. The van der Waals surface area contributed by atoms with Gasteiger partial charge in [0.2, 0.25) is 0 Å². The summed E-state index contributed by atoms with van der Waals surface area (Å²) in [4.78, 5) is -0.645. The molecule has 19 heavy (non-hydrogen) atoms. The third kappa shape index (κ3) is 2.84. The molecule has 4 heteroatoms. The number of benzene rings is 2. The Bertz CT molecular complexity index is 600. The highest BCUT2D eigenvalue weighted by molar-refractivity contribution is 9.09. The van der Waals surface area contributed by atoms with Crippen LogP contribution in [-0.4, -0.2) is 0 Å². The highest BCUT2D eigenvalue weighted by Crippen LogP contribution is 2.36. The lowest BCUT2D eigenvalue weighted by Gasteiger charge is -2.16. The molecule has 0 radical (unpaired) electrons. The molecule has 0 spiro atoms. The van der Waals surface area contributed by atoms with Crippen molar-refractivity contribution in [3.05, 3.63) is 70.0 Å². The van der Waals surface area contributed by atoms with Crippen LogP contribution in [0.2, 0.25) is 0 Å². The molecule has 0 aliphatic heterocycles. The van der Waals surface area contributed by atoms with Gasteiger partial charge in [0.25, 0.3) is 0 Å². The summed E-state index contributed by atoms with van der Waals surface area (Å²) >= 11 is 3.30. The van der Waals surface area contributed by atoms with E-state index >= 15 is 0 Å². The van der Waals surface area contributed by atoms with Gasteiger partial charge >= 0.3 is 0 Å². The summed E-state index contributed by atoms with van der Waals surface area (Å²) in [5, 5.41) is 0. The summed E-state index contributed by atoms with van der Waals surface area (Å²) in [6, 6.07) is 7.06. The van der Waals surface area contributed by atoms with Gasteiger partial charge in [-0.3, -0.25) is 0 Å². The fraction of sp³-hybridized carbons (Fsp3) is 0.200. The molecule has 0 aliphatic carbocycles. The van der Waals surface area contributed by atoms with Gasteiger partial charge < -0.3 is 0 Å². The number of aryl methyl sites for hydroxylation is 2. The second-order valence-electron chi connectivity index (χ2n) is 4.51. The van der Waals surface area contributed by atoms with Gasteiger partial charge in [-0.1, -0.05) is 39.7 Å². The lowest BCUT2D eigenvalue weighted by Crippen LogP contribution is -2.03. The second kappa shape index (κ2) is 5.37. The number of alkyl halides is 1. The lowest BCUT2D eigenvalue weighted by atomic mass is 9.98. The van der Waals surface area contributed by atoms with E-state index in [2.05, 4.69) is 15.9 Å². The van der Waals surface area contributed by atoms with E-state index in [0.717, 1.165) is 16.7 Å². The largest absolute Gasteiger partial charge is 0.207 e. The van der Waals surface area contributed by atoms with Crippen molar-refractivity contribution in [3.63, 3.8) is 0 Å². The fourth-order valence-corrected chi connectivity index (χ4v) is 2.91. The van der Waals surface area contributed by atoms with Crippen molar-refractivity contribution >= 4 is 15.9 Å². The molecule has 0 amide bonds. The average molecular weight is 329 g/mol. The lowest BCUT2D eigenvalue weighted by molar-refractivity contribution is 0.527. The molecule has 0 aliphatic rings. The molecule has 2 aromatic rings. The maximum atomic E-state index is 13.8. The molecule has 1 atom stereocenters. The van der Waals surface area contributed by atoms with Gasteiger partial charge in [0, 0.05) is 17.7 Å². The van der Waals surface area contributed by atoms with Gasteiger partial charge in [-0.2, -0.15) is 0 Å². The van der Waals surface area contributed by atoms with Crippen molar-refractivity contribution in [2.45, 2.75) is 18.7 Å². The molecule has 0 fully saturated rings. The molecule has 0 aromatic heterocycles. The van der Waals surface area contributed by atoms with Gasteiger partial charge in [0.05, 0.1) is 4.83 Å². The van der Waals surface area contributed by atoms with Crippen LogP contribution in [0.3, 0.4) is 0 Å². The van der Waals surface area contributed by atoms with Crippen LogP contribution in [-0.2, 0) is 0 Å². The van der Waals surface area contributed by atoms with E-state index in [1.165, 1.54) is 0 Å². The Labute approximate surface area is 118 Å². The third-order valence-corrected chi connectivity index (χ3v) is 3.96. The smallest absolute Gasteiger partial charge is 0.133 e. The zero-order valence-electron chi connectivity index (χ0n) is 10.5. The minimum absolute atomic E-state index is 0.171. The summed E-state index contributed by atoms with van der Waals surface area (Å²) in [7, 11) is 0. The SMILES string of the molecule is Cc1ccc(C)c(C(Br)c2c(F)cc(F)cc2F)c1.